The van der Waals surface area contributed by atoms with Crippen LogP contribution in [-0.4, -0.2) is 33.6 Å². The Morgan fingerprint density at radius 3 is 1.85 bits per heavy atom. The topological polar surface area (TPSA) is 18.5 Å². The van der Waals surface area contributed by atoms with E-state index in [1.165, 1.54) is 7.11 Å². The van der Waals surface area contributed by atoms with Crippen LogP contribution in [-0.2, 0) is 9.47 Å². The summed E-state index contributed by atoms with van der Waals surface area (Å²) in [7, 11) is 1.84. The summed E-state index contributed by atoms with van der Waals surface area (Å²) in [5, 5.41) is 0. The summed E-state index contributed by atoms with van der Waals surface area (Å²) in [4.78, 5) is 0. The Morgan fingerprint density at radius 1 is 1.23 bits per heavy atom. The number of rotatable bonds is 4. The van der Waals surface area contributed by atoms with Crippen LogP contribution in [0.25, 0.3) is 0 Å². The summed E-state index contributed by atoms with van der Waals surface area (Å²) < 4.78 is 42.0. The molecule has 0 aromatic carbocycles. The maximum Gasteiger partial charge on any atom is 0.236 e. The second kappa shape index (κ2) is 14.2. The first-order chi connectivity index (χ1) is 5.12. The summed E-state index contributed by atoms with van der Waals surface area (Å²) in [5.74, 6) is -2.20. The molecule has 0 spiro atoms. The normalized spacial score (nSPS) is 12.5. The van der Waals surface area contributed by atoms with Gasteiger partial charge in [-0.25, -0.2) is 8.78 Å². The van der Waals surface area contributed by atoms with Crippen LogP contribution in [0.4, 0.5) is 13.2 Å². The first-order valence-corrected chi connectivity index (χ1v) is 2.88. The van der Waals surface area contributed by atoms with Crippen molar-refractivity contribution in [2.75, 3.05) is 27.8 Å². The third-order valence-corrected chi connectivity index (χ3v) is 0.716. The van der Waals surface area contributed by atoms with Crippen LogP contribution >= 0.6 is 0 Å². The highest BCUT2D eigenvalue weighted by Crippen LogP contribution is 2.11. The number of hydrogen-bond donors (Lipinski definition) is 0. The van der Waals surface area contributed by atoms with Crippen LogP contribution in [0.3, 0.4) is 0 Å². The molecule has 0 aromatic heterocycles. The van der Waals surface area contributed by atoms with Gasteiger partial charge in [0.15, 0.2) is 0 Å². The van der Waals surface area contributed by atoms with Crippen LogP contribution in [0, 0.1) is 0 Å². The molecule has 5 heteroatoms. The van der Waals surface area contributed by atoms with Crippen LogP contribution in [0.1, 0.15) is 21.8 Å². The molecule has 0 aliphatic heterocycles. The number of hydrogen-bond acceptors (Lipinski definition) is 2. The highest BCUT2D eigenvalue weighted by atomic mass is 19.2. The number of alkyl halides is 3. The van der Waals surface area contributed by atoms with E-state index in [0.717, 1.165) is 6.92 Å². The maximum atomic E-state index is 12.3. The van der Waals surface area contributed by atoms with Gasteiger partial charge in [0.25, 0.3) is 0 Å². The Kier molecular flexibility index (Phi) is 25.2. The van der Waals surface area contributed by atoms with Gasteiger partial charge in [-0.2, -0.15) is 0 Å². The van der Waals surface area contributed by atoms with E-state index in [2.05, 4.69) is 9.47 Å². The average Bonchev–Trinajstić information content (AvgIpc) is 2.05. The van der Waals surface area contributed by atoms with Crippen molar-refractivity contribution in [1.82, 2.24) is 0 Å². The Hall–Kier alpha value is -0.290. The smallest absolute Gasteiger partial charge is 0.236 e. The molecule has 0 bridgehead atoms. The highest BCUT2D eigenvalue weighted by Gasteiger charge is 2.22. The fraction of sp³-hybridized carbons (Fsp3) is 1.00. The van der Waals surface area contributed by atoms with E-state index in [1.54, 1.807) is 0 Å². The molecular formula is C8H21F3O2. The first-order valence-electron chi connectivity index (χ1n) is 2.88. The van der Waals surface area contributed by atoms with Gasteiger partial charge in [0, 0.05) is 7.11 Å². The fourth-order valence-electron chi connectivity index (χ4n) is 0.220. The summed E-state index contributed by atoms with van der Waals surface area (Å²) in [5.41, 5.74) is 0. The van der Waals surface area contributed by atoms with Gasteiger partial charge >= 0.3 is 0 Å². The first kappa shape index (κ1) is 23.0. The summed E-state index contributed by atoms with van der Waals surface area (Å²) in [6.45, 7) is -0.376. The molecule has 13 heavy (non-hydrogen) atoms. The number of halogens is 3. The van der Waals surface area contributed by atoms with Gasteiger partial charge in [0.2, 0.25) is 5.85 Å². The molecule has 0 saturated carbocycles. The second-order valence-electron chi connectivity index (χ2n) is 1.79. The Bertz CT molecular complexity index is 79.8. The van der Waals surface area contributed by atoms with Gasteiger partial charge in [-0.05, 0) is 6.92 Å². The van der Waals surface area contributed by atoms with Crippen molar-refractivity contribution in [1.29, 1.82) is 0 Å². The molecule has 0 aromatic rings. The van der Waals surface area contributed by atoms with E-state index in [9.17, 15) is 13.2 Å². The maximum absolute atomic E-state index is 12.3. The molecular weight excluding hydrogens is 185 g/mol. The van der Waals surface area contributed by atoms with Gasteiger partial charge < -0.3 is 9.47 Å². The molecule has 0 fully saturated rings. The lowest BCUT2D eigenvalue weighted by Crippen LogP contribution is -2.25. The third-order valence-electron chi connectivity index (χ3n) is 0.716. The molecule has 86 valence electrons. The van der Waals surface area contributed by atoms with Crippen molar-refractivity contribution in [2.45, 2.75) is 27.6 Å². The van der Waals surface area contributed by atoms with Gasteiger partial charge in [-0.1, -0.05) is 14.9 Å². The summed E-state index contributed by atoms with van der Waals surface area (Å²) in [6.07, 6.45) is 0. The standard InChI is InChI=1S/C5H10F2O2.CH3F.2CH4/c1-5(7,3-6)9-4-8-2;1-2;;/h3-4H2,1-2H3;1H3;2*1H4. The molecule has 0 heterocycles. The molecule has 0 aliphatic carbocycles. The Labute approximate surface area is 79.0 Å². The highest BCUT2D eigenvalue weighted by molar-refractivity contribution is 4.54. The molecule has 1 unspecified atom stereocenters. The minimum Gasteiger partial charge on any atom is -0.359 e. The molecule has 1 atom stereocenters. The monoisotopic (exact) mass is 206 g/mol. The minimum absolute atomic E-state index is 0. The van der Waals surface area contributed by atoms with E-state index < -0.39 is 12.5 Å². The van der Waals surface area contributed by atoms with Crippen LogP contribution in [0.5, 0.6) is 0 Å². The fourth-order valence-corrected chi connectivity index (χ4v) is 0.220. The molecule has 0 N–H and O–H groups in total. The molecule has 0 aliphatic rings. The quantitative estimate of drug-likeness (QED) is 0.658. The lowest BCUT2D eigenvalue weighted by molar-refractivity contribution is -0.195. The zero-order valence-corrected chi connectivity index (χ0v) is 6.86. The van der Waals surface area contributed by atoms with Crippen molar-refractivity contribution >= 4 is 0 Å². The minimum atomic E-state index is -2.20. The van der Waals surface area contributed by atoms with Crippen molar-refractivity contribution in [2.24, 2.45) is 0 Å². The molecule has 0 amide bonds. The Morgan fingerprint density at radius 2 is 1.62 bits per heavy atom. The largest absolute Gasteiger partial charge is 0.359 e. The van der Waals surface area contributed by atoms with Crippen LogP contribution in [0.15, 0.2) is 0 Å². The Balaban J connectivity index is -0.0000000941. The zero-order valence-electron chi connectivity index (χ0n) is 6.86. The van der Waals surface area contributed by atoms with E-state index in [0.29, 0.717) is 7.18 Å². The summed E-state index contributed by atoms with van der Waals surface area (Å²) >= 11 is 0. The SMILES string of the molecule is C.C.CF.COCOC(C)(F)CF. The van der Waals surface area contributed by atoms with Gasteiger partial charge in [0.05, 0.1) is 7.18 Å². The van der Waals surface area contributed by atoms with E-state index >= 15 is 0 Å². The van der Waals surface area contributed by atoms with Gasteiger partial charge in [0.1, 0.15) is 13.5 Å². The lowest BCUT2D eigenvalue weighted by atomic mass is 10.4. The average molecular weight is 206 g/mol. The number of methoxy groups -OCH3 is 1. The zero-order chi connectivity index (χ0) is 9.33. The number of ether oxygens (including phenoxy) is 2. The second-order valence-corrected chi connectivity index (χ2v) is 1.79. The van der Waals surface area contributed by atoms with Crippen LogP contribution in [0.2, 0.25) is 0 Å². The van der Waals surface area contributed by atoms with Crippen molar-refractivity contribution in [3.05, 3.63) is 0 Å². The molecule has 2 nitrogen and oxygen atoms in total. The molecule has 0 rings (SSSR count). The van der Waals surface area contributed by atoms with Crippen molar-refractivity contribution in [3.63, 3.8) is 0 Å². The lowest BCUT2D eigenvalue weighted by Gasteiger charge is -2.15. The van der Waals surface area contributed by atoms with Crippen molar-refractivity contribution in [3.8, 4) is 0 Å². The third kappa shape index (κ3) is 18.6. The molecule has 0 radical (unpaired) electrons. The predicted octanol–water partition coefficient (Wildman–Crippen LogP) is 3.12. The summed E-state index contributed by atoms with van der Waals surface area (Å²) in [6, 6.07) is 0. The van der Waals surface area contributed by atoms with Crippen LogP contribution < -0.4 is 0 Å². The van der Waals surface area contributed by atoms with E-state index in [-0.39, 0.29) is 21.6 Å². The molecule has 0 saturated heterocycles. The van der Waals surface area contributed by atoms with Gasteiger partial charge in [-0.3, -0.25) is 4.39 Å². The van der Waals surface area contributed by atoms with Crippen molar-refractivity contribution < 1.29 is 22.6 Å². The van der Waals surface area contributed by atoms with Gasteiger partial charge in [-0.15, -0.1) is 0 Å². The van der Waals surface area contributed by atoms with E-state index in [4.69, 9.17) is 0 Å². The predicted molar refractivity (Wildman–Crippen MR) is 48.9 cm³/mol. The van der Waals surface area contributed by atoms with E-state index in [1.807, 2.05) is 0 Å².